The maximum absolute atomic E-state index is 6.00. The summed E-state index contributed by atoms with van der Waals surface area (Å²) in [5, 5.41) is 4.83. The molecule has 0 unspecified atom stereocenters. The third-order valence-corrected chi connectivity index (χ3v) is 4.16. The van der Waals surface area contributed by atoms with E-state index in [0.717, 1.165) is 34.7 Å². The normalized spacial score (nSPS) is 10.9. The Kier molecular flexibility index (Phi) is 3.80. The van der Waals surface area contributed by atoms with Crippen LogP contribution in [-0.2, 0) is 6.42 Å². The summed E-state index contributed by atoms with van der Waals surface area (Å²) in [4.78, 5) is 15.1. The molecule has 102 valence electrons. The highest BCUT2D eigenvalue weighted by atomic mass is 35.5. The van der Waals surface area contributed by atoms with Crippen LogP contribution in [0.5, 0.6) is 0 Å². The average molecular weight is 305 g/mol. The van der Waals surface area contributed by atoms with Crippen LogP contribution in [0.3, 0.4) is 0 Å². The van der Waals surface area contributed by atoms with E-state index in [1.165, 1.54) is 0 Å². The van der Waals surface area contributed by atoms with E-state index in [9.17, 15) is 0 Å². The molecule has 3 rings (SSSR count). The van der Waals surface area contributed by atoms with Crippen LogP contribution in [0.4, 0.5) is 5.82 Å². The standard InChI is InChI=1S/C14H13ClN4S/c1-19(6-4-13-16-5-7-20-13)14-11-3-2-10(15)8-12(11)17-9-18-14/h2-3,5,7-9H,4,6H2,1H3. The lowest BCUT2D eigenvalue weighted by molar-refractivity contribution is 0.855. The number of aromatic nitrogens is 3. The maximum atomic E-state index is 6.00. The van der Waals surface area contributed by atoms with E-state index >= 15 is 0 Å². The Morgan fingerprint density at radius 3 is 2.95 bits per heavy atom. The van der Waals surface area contributed by atoms with Crippen LogP contribution in [0.2, 0.25) is 5.02 Å². The second-order valence-corrected chi connectivity index (χ2v) is 5.87. The lowest BCUT2D eigenvalue weighted by Crippen LogP contribution is -2.21. The summed E-state index contributed by atoms with van der Waals surface area (Å²) in [6.07, 6.45) is 4.32. The molecule has 0 radical (unpaired) electrons. The SMILES string of the molecule is CN(CCc1nccs1)c1ncnc2cc(Cl)ccc12. The first-order chi connectivity index (χ1) is 9.74. The molecule has 0 aliphatic heterocycles. The number of nitrogens with zero attached hydrogens (tertiary/aromatic N) is 4. The van der Waals surface area contributed by atoms with Gasteiger partial charge in [-0.15, -0.1) is 11.3 Å². The molecule has 0 saturated heterocycles. The molecule has 0 N–H and O–H groups in total. The smallest absolute Gasteiger partial charge is 0.139 e. The molecule has 0 bridgehead atoms. The maximum Gasteiger partial charge on any atom is 0.139 e. The minimum atomic E-state index is 0.688. The van der Waals surface area contributed by atoms with Crippen molar-refractivity contribution in [3.05, 3.63) is 46.1 Å². The highest BCUT2D eigenvalue weighted by molar-refractivity contribution is 7.09. The fourth-order valence-corrected chi connectivity index (χ4v) is 2.84. The van der Waals surface area contributed by atoms with Crippen molar-refractivity contribution in [2.75, 3.05) is 18.5 Å². The van der Waals surface area contributed by atoms with E-state index in [-0.39, 0.29) is 0 Å². The fourth-order valence-electron chi connectivity index (χ4n) is 2.07. The number of rotatable bonds is 4. The van der Waals surface area contributed by atoms with Gasteiger partial charge < -0.3 is 4.90 Å². The third-order valence-electron chi connectivity index (χ3n) is 3.08. The molecule has 4 nitrogen and oxygen atoms in total. The zero-order valence-electron chi connectivity index (χ0n) is 11.0. The molecule has 0 spiro atoms. The predicted molar refractivity (Wildman–Crippen MR) is 83.6 cm³/mol. The topological polar surface area (TPSA) is 41.9 Å². The Morgan fingerprint density at radius 1 is 1.25 bits per heavy atom. The fraction of sp³-hybridized carbons (Fsp3) is 0.214. The van der Waals surface area contributed by atoms with Gasteiger partial charge in [0.2, 0.25) is 0 Å². The van der Waals surface area contributed by atoms with Crippen LogP contribution in [0, 0.1) is 0 Å². The van der Waals surface area contributed by atoms with E-state index in [4.69, 9.17) is 11.6 Å². The van der Waals surface area contributed by atoms with Crippen molar-refractivity contribution in [1.29, 1.82) is 0 Å². The largest absolute Gasteiger partial charge is 0.359 e. The van der Waals surface area contributed by atoms with Crippen molar-refractivity contribution in [1.82, 2.24) is 15.0 Å². The molecule has 1 aromatic carbocycles. The van der Waals surface area contributed by atoms with Crippen LogP contribution in [0.1, 0.15) is 5.01 Å². The Balaban J connectivity index is 1.85. The van der Waals surface area contributed by atoms with Gasteiger partial charge in [-0.2, -0.15) is 0 Å². The summed E-state index contributed by atoms with van der Waals surface area (Å²) in [5.74, 6) is 0.920. The van der Waals surface area contributed by atoms with Crippen LogP contribution in [0.25, 0.3) is 10.9 Å². The summed E-state index contributed by atoms with van der Waals surface area (Å²) in [6.45, 7) is 0.863. The number of hydrogen-bond donors (Lipinski definition) is 0. The lowest BCUT2D eigenvalue weighted by atomic mass is 10.2. The molecule has 2 heterocycles. The van der Waals surface area contributed by atoms with Crippen LogP contribution in [0.15, 0.2) is 36.1 Å². The van der Waals surface area contributed by atoms with E-state index in [2.05, 4.69) is 19.9 Å². The summed E-state index contributed by atoms with van der Waals surface area (Å²) < 4.78 is 0. The van der Waals surface area contributed by atoms with Crippen LogP contribution in [-0.4, -0.2) is 28.5 Å². The van der Waals surface area contributed by atoms with Crippen molar-refractivity contribution in [3.63, 3.8) is 0 Å². The first-order valence-electron chi connectivity index (χ1n) is 6.24. The van der Waals surface area contributed by atoms with E-state index in [0.29, 0.717) is 5.02 Å². The number of thiazole rings is 1. The molecule has 0 fully saturated rings. The second kappa shape index (κ2) is 5.73. The molecule has 2 aromatic heterocycles. The number of hydrogen-bond acceptors (Lipinski definition) is 5. The Labute approximate surface area is 126 Å². The number of anilines is 1. The quantitative estimate of drug-likeness (QED) is 0.740. The first kappa shape index (κ1) is 13.3. The van der Waals surface area contributed by atoms with Crippen molar-refractivity contribution in [2.24, 2.45) is 0 Å². The van der Waals surface area contributed by atoms with Gasteiger partial charge in [0.1, 0.15) is 12.1 Å². The molecule has 20 heavy (non-hydrogen) atoms. The highest BCUT2D eigenvalue weighted by Gasteiger charge is 2.09. The van der Waals surface area contributed by atoms with Crippen molar-refractivity contribution < 1.29 is 0 Å². The second-order valence-electron chi connectivity index (χ2n) is 4.46. The Hall–Kier alpha value is -1.72. The monoisotopic (exact) mass is 304 g/mol. The minimum absolute atomic E-state index is 0.688. The third kappa shape index (κ3) is 2.73. The number of halogens is 1. The van der Waals surface area contributed by atoms with E-state index < -0.39 is 0 Å². The zero-order chi connectivity index (χ0) is 13.9. The van der Waals surface area contributed by atoms with Gasteiger partial charge in [-0.05, 0) is 18.2 Å². The highest BCUT2D eigenvalue weighted by Crippen LogP contribution is 2.24. The average Bonchev–Trinajstić information content (AvgIpc) is 2.97. The Bertz CT molecular complexity index is 714. The zero-order valence-corrected chi connectivity index (χ0v) is 12.5. The molecule has 0 amide bonds. The first-order valence-corrected chi connectivity index (χ1v) is 7.49. The summed E-state index contributed by atoms with van der Waals surface area (Å²) >= 11 is 7.68. The molecule has 0 saturated carbocycles. The van der Waals surface area contributed by atoms with Gasteiger partial charge in [-0.25, -0.2) is 15.0 Å². The molecule has 0 aliphatic rings. The summed E-state index contributed by atoms with van der Waals surface area (Å²) in [6, 6.07) is 5.69. The number of likely N-dealkylation sites (N-methyl/N-ethyl adjacent to an activating group) is 1. The molecule has 6 heteroatoms. The van der Waals surface area contributed by atoms with Gasteiger partial charge in [0.05, 0.1) is 10.5 Å². The minimum Gasteiger partial charge on any atom is -0.359 e. The van der Waals surface area contributed by atoms with Crippen molar-refractivity contribution in [2.45, 2.75) is 6.42 Å². The van der Waals surface area contributed by atoms with Gasteiger partial charge in [0.25, 0.3) is 0 Å². The van der Waals surface area contributed by atoms with Gasteiger partial charge in [-0.1, -0.05) is 11.6 Å². The van der Waals surface area contributed by atoms with Crippen LogP contribution >= 0.6 is 22.9 Å². The summed E-state index contributed by atoms with van der Waals surface area (Å²) in [7, 11) is 2.03. The lowest BCUT2D eigenvalue weighted by Gasteiger charge is -2.19. The van der Waals surface area contributed by atoms with Crippen molar-refractivity contribution in [3.8, 4) is 0 Å². The molecule has 0 atom stereocenters. The van der Waals surface area contributed by atoms with Gasteiger partial charge in [-0.3, -0.25) is 0 Å². The number of fused-ring (bicyclic) bond motifs is 1. The molecule has 0 aliphatic carbocycles. The summed E-state index contributed by atoms with van der Waals surface area (Å²) in [5.41, 5.74) is 0.864. The molecular formula is C14H13ClN4S. The predicted octanol–water partition coefficient (Wildman–Crippen LogP) is 3.42. The van der Waals surface area contributed by atoms with Crippen LogP contribution < -0.4 is 4.90 Å². The van der Waals surface area contributed by atoms with Gasteiger partial charge in [0, 0.05) is 42.0 Å². The van der Waals surface area contributed by atoms with E-state index in [1.807, 2.05) is 36.8 Å². The Morgan fingerprint density at radius 2 is 2.15 bits per heavy atom. The van der Waals surface area contributed by atoms with Gasteiger partial charge in [0.15, 0.2) is 0 Å². The molecular weight excluding hydrogens is 292 g/mol. The van der Waals surface area contributed by atoms with Crippen molar-refractivity contribution >= 4 is 39.7 Å². The molecule has 3 aromatic rings. The van der Waals surface area contributed by atoms with Gasteiger partial charge >= 0.3 is 0 Å². The van der Waals surface area contributed by atoms with E-state index in [1.54, 1.807) is 17.7 Å². The number of benzene rings is 1.